The third-order valence-corrected chi connectivity index (χ3v) is 5.83. The molecule has 0 aliphatic rings. The van der Waals surface area contributed by atoms with E-state index in [0.717, 1.165) is 17.4 Å². The molecule has 2 nitrogen and oxygen atoms in total. The third kappa shape index (κ3) is 3.25. The Bertz CT molecular complexity index is 884. The largest absolute Gasteiger partial charge is 0.313 e. The molecule has 0 atom stereocenters. The number of hydrogen-bond acceptors (Lipinski definition) is 4. The molecule has 0 saturated carbocycles. The van der Waals surface area contributed by atoms with Gasteiger partial charge in [0.1, 0.15) is 0 Å². The Hall–Kier alpha value is -2.43. The van der Waals surface area contributed by atoms with Gasteiger partial charge in [0.25, 0.3) is 0 Å². The number of rotatable bonds is 5. The summed E-state index contributed by atoms with van der Waals surface area (Å²) in [6, 6.07) is 25.2. The lowest BCUT2D eigenvalue weighted by Gasteiger charge is -2.22. The molecule has 0 unspecified atom stereocenters. The monoisotopic (exact) mass is 348 g/mol. The fourth-order valence-corrected chi connectivity index (χ4v) is 4.32. The Balaban J connectivity index is 1.70. The zero-order chi connectivity index (χ0) is 16.2. The molecule has 0 fully saturated rings. The first-order chi connectivity index (χ1) is 11.9. The Labute approximate surface area is 149 Å². The molecule has 0 amide bonds. The smallest absolute Gasteiger partial charge is 0.190 e. The minimum atomic E-state index is 0.808. The summed E-state index contributed by atoms with van der Waals surface area (Å²) in [6.45, 7) is 0.808. The van der Waals surface area contributed by atoms with E-state index in [9.17, 15) is 0 Å². The average molecular weight is 348 g/mol. The van der Waals surface area contributed by atoms with Gasteiger partial charge in [-0.25, -0.2) is 4.98 Å². The lowest BCUT2D eigenvalue weighted by Crippen LogP contribution is -2.15. The third-order valence-electron chi connectivity index (χ3n) is 3.74. The molecule has 0 bridgehead atoms. The number of thiazole rings is 1. The number of para-hydroxylation sites is 1. The van der Waals surface area contributed by atoms with Crippen molar-refractivity contribution < 1.29 is 0 Å². The number of anilines is 2. The van der Waals surface area contributed by atoms with Crippen molar-refractivity contribution in [2.45, 2.75) is 6.54 Å². The Morgan fingerprint density at radius 2 is 1.54 bits per heavy atom. The molecule has 2 aromatic carbocycles. The molecule has 24 heavy (non-hydrogen) atoms. The molecule has 2 heterocycles. The fourth-order valence-electron chi connectivity index (χ4n) is 2.57. The normalized spacial score (nSPS) is 10.7. The summed E-state index contributed by atoms with van der Waals surface area (Å²) in [5.41, 5.74) is 2.43. The molecule has 4 heteroatoms. The Morgan fingerprint density at radius 1 is 0.792 bits per heavy atom. The van der Waals surface area contributed by atoms with E-state index < -0.39 is 0 Å². The SMILES string of the molecule is c1ccc(CN(c2ccccc2)c2ncc(-c3cccs3)s2)cc1. The molecule has 0 N–H and O–H groups in total. The van der Waals surface area contributed by atoms with Crippen LogP contribution in [0.4, 0.5) is 10.8 Å². The van der Waals surface area contributed by atoms with Crippen molar-refractivity contribution in [3.05, 3.63) is 89.9 Å². The van der Waals surface area contributed by atoms with Crippen molar-refractivity contribution in [3.63, 3.8) is 0 Å². The number of benzene rings is 2. The van der Waals surface area contributed by atoms with Gasteiger partial charge in [0.05, 0.1) is 11.4 Å². The van der Waals surface area contributed by atoms with E-state index in [-0.39, 0.29) is 0 Å². The maximum absolute atomic E-state index is 4.70. The summed E-state index contributed by atoms with van der Waals surface area (Å²) in [5, 5.41) is 3.13. The highest BCUT2D eigenvalue weighted by atomic mass is 32.1. The van der Waals surface area contributed by atoms with E-state index >= 15 is 0 Å². The molecule has 118 valence electrons. The first-order valence-electron chi connectivity index (χ1n) is 7.76. The Kier molecular flexibility index (Phi) is 4.40. The molecule has 0 radical (unpaired) electrons. The molecule has 0 saturated heterocycles. The van der Waals surface area contributed by atoms with Gasteiger partial charge in [-0.15, -0.1) is 11.3 Å². The van der Waals surface area contributed by atoms with Crippen LogP contribution in [-0.4, -0.2) is 4.98 Å². The second-order valence-corrected chi connectivity index (χ2v) is 7.35. The van der Waals surface area contributed by atoms with Gasteiger partial charge in [0, 0.05) is 16.8 Å². The second kappa shape index (κ2) is 6.99. The molecule has 4 rings (SSSR count). The van der Waals surface area contributed by atoms with E-state index in [1.807, 2.05) is 12.3 Å². The van der Waals surface area contributed by atoms with Crippen molar-refractivity contribution >= 4 is 33.5 Å². The van der Waals surface area contributed by atoms with E-state index in [1.54, 1.807) is 22.7 Å². The molecule has 2 aromatic heterocycles. The highest BCUT2D eigenvalue weighted by molar-refractivity contribution is 7.23. The predicted molar refractivity (Wildman–Crippen MR) is 104 cm³/mol. The van der Waals surface area contributed by atoms with E-state index in [0.29, 0.717) is 0 Å². The first-order valence-corrected chi connectivity index (χ1v) is 9.46. The van der Waals surface area contributed by atoms with Crippen LogP contribution in [0.5, 0.6) is 0 Å². The summed E-state index contributed by atoms with van der Waals surface area (Å²) in [6.07, 6.45) is 1.98. The highest BCUT2D eigenvalue weighted by Crippen LogP contribution is 2.37. The van der Waals surface area contributed by atoms with Crippen LogP contribution in [0.25, 0.3) is 9.75 Å². The van der Waals surface area contributed by atoms with Crippen LogP contribution in [0.3, 0.4) is 0 Å². The lowest BCUT2D eigenvalue weighted by atomic mass is 10.2. The van der Waals surface area contributed by atoms with E-state index in [1.165, 1.54) is 15.3 Å². The van der Waals surface area contributed by atoms with E-state index in [4.69, 9.17) is 4.98 Å². The maximum atomic E-state index is 4.70. The van der Waals surface area contributed by atoms with Gasteiger partial charge in [-0.3, -0.25) is 0 Å². The van der Waals surface area contributed by atoms with Crippen LogP contribution < -0.4 is 4.90 Å². The minimum Gasteiger partial charge on any atom is -0.313 e. The predicted octanol–water partition coefficient (Wildman–Crippen LogP) is 6.21. The van der Waals surface area contributed by atoms with Crippen LogP contribution in [0.1, 0.15) is 5.56 Å². The van der Waals surface area contributed by atoms with Crippen molar-refractivity contribution in [3.8, 4) is 9.75 Å². The number of aromatic nitrogens is 1. The summed E-state index contributed by atoms with van der Waals surface area (Å²) >= 11 is 3.49. The van der Waals surface area contributed by atoms with Crippen LogP contribution >= 0.6 is 22.7 Å². The summed E-state index contributed by atoms with van der Waals surface area (Å²) in [4.78, 5) is 9.46. The standard InChI is InChI=1S/C20H16N2S2/c1-3-8-16(9-4-1)15-22(17-10-5-2-6-11-17)20-21-14-19(24-20)18-12-7-13-23-18/h1-14H,15H2. The Morgan fingerprint density at radius 3 is 2.25 bits per heavy atom. The van der Waals surface area contributed by atoms with Crippen molar-refractivity contribution in [1.29, 1.82) is 0 Å². The van der Waals surface area contributed by atoms with Gasteiger partial charge in [-0.05, 0) is 29.1 Å². The van der Waals surface area contributed by atoms with Gasteiger partial charge in [-0.1, -0.05) is 65.9 Å². The zero-order valence-electron chi connectivity index (χ0n) is 13.0. The van der Waals surface area contributed by atoms with E-state index in [2.05, 4.69) is 77.0 Å². The number of hydrogen-bond donors (Lipinski definition) is 0. The van der Waals surface area contributed by atoms with Gasteiger partial charge in [0.2, 0.25) is 0 Å². The quantitative estimate of drug-likeness (QED) is 0.426. The van der Waals surface area contributed by atoms with Gasteiger partial charge in [0.15, 0.2) is 5.13 Å². The molecular formula is C20H16N2S2. The molecule has 0 aliphatic carbocycles. The summed E-state index contributed by atoms with van der Waals surface area (Å²) in [5.74, 6) is 0. The topological polar surface area (TPSA) is 16.1 Å². The van der Waals surface area contributed by atoms with Crippen molar-refractivity contribution in [2.75, 3.05) is 4.90 Å². The highest BCUT2D eigenvalue weighted by Gasteiger charge is 2.15. The summed E-state index contributed by atoms with van der Waals surface area (Å²) in [7, 11) is 0. The minimum absolute atomic E-state index is 0.808. The summed E-state index contributed by atoms with van der Waals surface area (Å²) < 4.78 is 0. The van der Waals surface area contributed by atoms with Gasteiger partial charge in [-0.2, -0.15) is 0 Å². The fraction of sp³-hybridized carbons (Fsp3) is 0.0500. The molecule has 0 spiro atoms. The van der Waals surface area contributed by atoms with Gasteiger partial charge >= 0.3 is 0 Å². The number of nitrogens with zero attached hydrogens (tertiary/aromatic N) is 2. The lowest BCUT2D eigenvalue weighted by molar-refractivity contribution is 0.966. The average Bonchev–Trinajstić information content (AvgIpc) is 3.33. The number of thiophene rings is 1. The van der Waals surface area contributed by atoms with Crippen LogP contribution in [0.2, 0.25) is 0 Å². The van der Waals surface area contributed by atoms with Crippen LogP contribution in [0, 0.1) is 0 Å². The molecule has 4 aromatic rings. The first kappa shape index (κ1) is 15.1. The van der Waals surface area contributed by atoms with Crippen molar-refractivity contribution in [1.82, 2.24) is 4.98 Å². The van der Waals surface area contributed by atoms with Gasteiger partial charge < -0.3 is 4.90 Å². The van der Waals surface area contributed by atoms with Crippen LogP contribution in [0.15, 0.2) is 84.4 Å². The zero-order valence-corrected chi connectivity index (χ0v) is 14.6. The molecule has 0 aliphatic heterocycles. The second-order valence-electron chi connectivity index (χ2n) is 5.39. The van der Waals surface area contributed by atoms with Crippen LogP contribution in [-0.2, 0) is 6.54 Å². The van der Waals surface area contributed by atoms with Crippen molar-refractivity contribution in [2.24, 2.45) is 0 Å². The maximum Gasteiger partial charge on any atom is 0.190 e. The molecular weight excluding hydrogens is 332 g/mol.